The number of hydrogen-bond donors (Lipinski definition) is 1. The van der Waals surface area contributed by atoms with Crippen LogP contribution in [0.1, 0.15) is 19.3 Å². The number of allylic oxidation sites excluding steroid dienone is 1. The molecule has 20 heavy (non-hydrogen) atoms. The van der Waals surface area contributed by atoms with Crippen molar-refractivity contribution in [1.82, 2.24) is 0 Å². The van der Waals surface area contributed by atoms with Crippen molar-refractivity contribution in [2.75, 3.05) is 5.32 Å². The van der Waals surface area contributed by atoms with E-state index in [1.807, 2.05) is 0 Å². The lowest BCUT2D eigenvalue weighted by Gasteiger charge is -2.06. The summed E-state index contributed by atoms with van der Waals surface area (Å²) in [7, 11) is 0. The van der Waals surface area contributed by atoms with Gasteiger partial charge in [0.1, 0.15) is 0 Å². The van der Waals surface area contributed by atoms with Gasteiger partial charge in [0, 0.05) is 23.0 Å². The molecule has 1 aromatic carbocycles. The molecule has 0 spiro atoms. The Morgan fingerprint density at radius 2 is 2.15 bits per heavy atom. The van der Waals surface area contributed by atoms with E-state index in [0.29, 0.717) is 16.6 Å². The average Bonchev–Trinajstić information content (AvgIpc) is 2.36. The quantitative estimate of drug-likeness (QED) is 0.474. The maximum Gasteiger partial charge on any atom is 0.270 e. The van der Waals surface area contributed by atoms with Crippen molar-refractivity contribution in [1.29, 1.82) is 0 Å². The van der Waals surface area contributed by atoms with E-state index in [1.54, 1.807) is 0 Å². The highest BCUT2D eigenvalue weighted by molar-refractivity contribution is 9.10. The molecule has 0 fully saturated rings. The van der Waals surface area contributed by atoms with E-state index in [2.05, 4.69) is 21.2 Å². The third kappa shape index (κ3) is 5.43. The molecule has 108 valence electrons. The lowest BCUT2D eigenvalue weighted by Crippen LogP contribution is -2.11. The number of nitro groups is 1. The number of non-ortho nitro benzene ring substituents is 1. The standard InChI is InChI=1S/C12H11BrF2N2O3/c13-9-7-8(17(19)20)5-6-10(9)16-12(18)4-2-1-3-11(14)15/h3,5-7H,1-2,4H2,(H,16,18). The third-order valence-electron chi connectivity index (χ3n) is 2.34. The number of rotatable bonds is 6. The van der Waals surface area contributed by atoms with Crippen molar-refractivity contribution in [2.24, 2.45) is 0 Å². The first-order valence-corrected chi connectivity index (χ1v) is 6.44. The Kier molecular flexibility index (Phi) is 6.23. The largest absolute Gasteiger partial charge is 0.325 e. The summed E-state index contributed by atoms with van der Waals surface area (Å²) in [5.74, 6) is -0.341. The minimum absolute atomic E-state index is 0.0905. The van der Waals surface area contributed by atoms with Gasteiger partial charge in [0.2, 0.25) is 5.91 Å². The molecule has 1 N–H and O–H groups in total. The Bertz CT molecular complexity index is 546. The second-order valence-corrected chi connectivity index (χ2v) is 4.71. The van der Waals surface area contributed by atoms with Crippen LogP contribution in [0.15, 0.2) is 34.8 Å². The van der Waals surface area contributed by atoms with Crippen LogP contribution in [0.4, 0.5) is 20.2 Å². The van der Waals surface area contributed by atoms with E-state index in [4.69, 9.17) is 0 Å². The molecule has 0 unspecified atom stereocenters. The molecule has 1 aromatic rings. The Hall–Kier alpha value is -1.83. The fourth-order valence-electron chi connectivity index (χ4n) is 1.41. The molecular formula is C12H11BrF2N2O3. The molecule has 0 aliphatic rings. The highest BCUT2D eigenvalue weighted by Gasteiger charge is 2.10. The van der Waals surface area contributed by atoms with Gasteiger partial charge in [0.05, 0.1) is 10.6 Å². The van der Waals surface area contributed by atoms with Crippen LogP contribution in [-0.4, -0.2) is 10.8 Å². The van der Waals surface area contributed by atoms with Gasteiger partial charge >= 0.3 is 0 Å². The highest BCUT2D eigenvalue weighted by Crippen LogP contribution is 2.27. The Labute approximate surface area is 121 Å². The lowest BCUT2D eigenvalue weighted by molar-refractivity contribution is -0.384. The van der Waals surface area contributed by atoms with Gasteiger partial charge in [-0.15, -0.1) is 0 Å². The summed E-state index contributed by atoms with van der Waals surface area (Å²) in [6.07, 6.45) is -0.490. The van der Waals surface area contributed by atoms with Gasteiger partial charge in [-0.2, -0.15) is 8.78 Å². The van der Waals surface area contributed by atoms with E-state index in [1.165, 1.54) is 18.2 Å². The van der Waals surface area contributed by atoms with Crippen LogP contribution in [0.3, 0.4) is 0 Å². The number of halogens is 3. The first-order chi connectivity index (χ1) is 9.40. The second-order valence-electron chi connectivity index (χ2n) is 3.86. The van der Waals surface area contributed by atoms with E-state index in [0.717, 1.165) is 6.08 Å². The first kappa shape index (κ1) is 16.2. The van der Waals surface area contributed by atoms with Crippen molar-refractivity contribution in [3.63, 3.8) is 0 Å². The van der Waals surface area contributed by atoms with Gasteiger partial charge in [0.15, 0.2) is 0 Å². The fourth-order valence-corrected chi connectivity index (χ4v) is 1.87. The topological polar surface area (TPSA) is 72.2 Å². The Morgan fingerprint density at radius 1 is 1.45 bits per heavy atom. The summed E-state index contributed by atoms with van der Waals surface area (Å²) >= 11 is 3.12. The summed E-state index contributed by atoms with van der Waals surface area (Å²) in [5.41, 5.74) is 0.297. The van der Waals surface area contributed by atoms with Gasteiger partial charge in [-0.05, 0) is 40.9 Å². The smallest absolute Gasteiger partial charge is 0.270 e. The van der Waals surface area contributed by atoms with Crippen LogP contribution in [0.2, 0.25) is 0 Å². The summed E-state index contributed by atoms with van der Waals surface area (Å²) in [6.45, 7) is 0. The fraction of sp³-hybridized carbons (Fsp3) is 0.250. The molecular weight excluding hydrogens is 338 g/mol. The number of unbranched alkanes of at least 4 members (excludes halogenated alkanes) is 1. The van der Waals surface area contributed by atoms with E-state index >= 15 is 0 Å². The molecule has 0 saturated heterocycles. The number of hydrogen-bond acceptors (Lipinski definition) is 3. The maximum atomic E-state index is 11.8. The van der Waals surface area contributed by atoms with Crippen LogP contribution >= 0.6 is 15.9 Å². The van der Waals surface area contributed by atoms with E-state index in [9.17, 15) is 23.7 Å². The maximum absolute atomic E-state index is 11.8. The molecule has 0 atom stereocenters. The van der Waals surface area contributed by atoms with Crippen molar-refractivity contribution < 1.29 is 18.5 Å². The highest BCUT2D eigenvalue weighted by atomic mass is 79.9. The molecule has 0 aromatic heterocycles. The SMILES string of the molecule is O=C(CCCC=C(F)F)Nc1ccc([N+](=O)[O-])cc1Br. The van der Waals surface area contributed by atoms with Crippen molar-refractivity contribution in [3.05, 3.63) is 44.9 Å². The predicted octanol–water partition coefficient (Wildman–Crippen LogP) is 4.25. The van der Waals surface area contributed by atoms with Crippen LogP contribution < -0.4 is 5.32 Å². The molecule has 1 amide bonds. The molecule has 0 heterocycles. The van der Waals surface area contributed by atoms with Crippen LogP contribution in [-0.2, 0) is 4.79 Å². The minimum atomic E-state index is -1.76. The number of carbonyl (C=O) groups excluding carboxylic acids is 1. The predicted molar refractivity (Wildman–Crippen MR) is 73.6 cm³/mol. The average molecular weight is 349 g/mol. The van der Waals surface area contributed by atoms with E-state index < -0.39 is 11.0 Å². The molecule has 0 saturated carbocycles. The zero-order chi connectivity index (χ0) is 15.1. The van der Waals surface area contributed by atoms with Crippen LogP contribution in [0.25, 0.3) is 0 Å². The number of nitrogens with zero attached hydrogens (tertiary/aromatic N) is 1. The van der Waals surface area contributed by atoms with Crippen molar-refractivity contribution in [3.8, 4) is 0 Å². The van der Waals surface area contributed by atoms with Gasteiger partial charge in [-0.25, -0.2) is 0 Å². The normalized spacial score (nSPS) is 9.95. The van der Waals surface area contributed by atoms with Crippen molar-refractivity contribution in [2.45, 2.75) is 19.3 Å². The van der Waals surface area contributed by atoms with Crippen LogP contribution in [0, 0.1) is 10.1 Å². The number of amides is 1. The summed E-state index contributed by atoms with van der Waals surface area (Å²) in [4.78, 5) is 21.6. The third-order valence-corrected chi connectivity index (χ3v) is 3.00. The summed E-state index contributed by atoms with van der Waals surface area (Å²) in [5, 5.41) is 13.1. The van der Waals surface area contributed by atoms with E-state index in [-0.39, 0.29) is 24.4 Å². The van der Waals surface area contributed by atoms with Crippen molar-refractivity contribution >= 4 is 33.2 Å². The van der Waals surface area contributed by atoms with Gasteiger partial charge < -0.3 is 5.32 Å². The van der Waals surface area contributed by atoms with Gasteiger partial charge in [-0.1, -0.05) is 0 Å². The number of nitro benzene ring substituents is 1. The van der Waals surface area contributed by atoms with Gasteiger partial charge in [0.25, 0.3) is 11.8 Å². The van der Waals surface area contributed by atoms with Crippen LogP contribution in [0.5, 0.6) is 0 Å². The molecule has 0 aliphatic heterocycles. The molecule has 0 aliphatic carbocycles. The second kappa shape index (κ2) is 7.68. The molecule has 1 rings (SSSR count). The minimum Gasteiger partial charge on any atom is -0.325 e. The number of anilines is 1. The Balaban J connectivity index is 2.54. The number of carbonyl (C=O) groups is 1. The zero-order valence-corrected chi connectivity index (χ0v) is 11.8. The zero-order valence-electron chi connectivity index (χ0n) is 10.2. The molecule has 8 heteroatoms. The lowest BCUT2D eigenvalue weighted by atomic mass is 10.2. The Morgan fingerprint density at radius 3 is 2.70 bits per heavy atom. The summed E-state index contributed by atoms with van der Waals surface area (Å²) < 4.78 is 23.9. The molecule has 5 nitrogen and oxygen atoms in total. The summed E-state index contributed by atoms with van der Waals surface area (Å²) in [6, 6.07) is 3.94. The number of nitrogens with one attached hydrogen (secondary N) is 1. The first-order valence-electron chi connectivity index (χ1n) is 5.65. The number of benzene rings is 1. The monoisotopic (exact) mass is 348 g/mol. The van der Waals surface area contributed by atoms with Gasteiger partial charge in [-0.3, -0.25) is 14.9 Å². The molecule has 0 bridgehead atoms. The molecule has 0 radical (unpaired) electrons.